The van der Waals surface area contributed by atoms with Gasteiger partial charge in [0.1, 0.15) is 0 Å². The molecule has 0 heterocycles. The van der Waals surface area contributed by atoms with Crippen LogP contribution in [-0.2, 0) is 6.18 Å². The Labute approximate surface area is 170 Å². The number of hydrogen-bond donors (Lipinski definition) is 0. The Morgan fingerprint density at radius 1 is 0.893 bits per heavy atom. The van der Waals surface area contributed by atoms with Crippen LogP contribution in [-0.4, -0.2) is 12.5 Å². The summed E-state index contributed by atoms with van der Waals surface area (Å²) in [6.45, 7) is 0. The van der Waals surface area contributed by atoms with Crippen LogP contribution in [0.25, 0.3) is 6.08 Å². The fraction of sp³-hybridized carbons (Fsp3) is 0.167. The van der Waals surface area contributed by atoms with E-state index in [0.29, 0.717) is 12.1 Å². The molecule has 0 radical (unpaired) electrons. The van der Waals surface area contributed by atoms with Gasteiger partial charge in [-0.1, -0.05) is 59.1 Å². The quantitative estimate of drug-likeness (QED) is 0.257. The Hall–Kier alpha value is -1.70. The molecule has 0 N–H and O–H groups in total. The van der Waals surface area contributed by atoms with Gasteiger partial charge in [0.25, 0.3) is 0 Å². The van der Waals surface area contributed by atoms with E-state index in [0.717, 1.165) is 30.3 Å². The number of rotatable bonds is 4. The lowest BCUT2D eigenvalue weighted by atomic mass is 9.96. The summed E-state index contributed by atoms with van der Waals surface area (Å²) in [5, 5.41) is -0.501. The number of aldehydes is 1. The fourth-order valence-electron chi connectivity index (χ4n) is 2.40. The van der Waals surface area contributed by atoms with Gasteiger partial charge in [-0.15, -0.1) is 0 Å². The maximum Gasteiger partial charge on any atom is 0.417 e. The lowest BCUT2D eigenvalue weighted by Gasteiger charge is -2.18. The van der Waals surface area contributed by atoms with Gasteiger partial charge in [0.2, 0.25) is 0 Å². The highest BCUT2D eigenvalue weighted by molar-refractivity contribution is 6.48. The number of carbonyl (C=O) groups is 1. The maximum absolute atomic E-state index is 13.5. The summed E-state index contributed by atoms with van der Waals surface area (Å²) in [6.07, 6.45) is -8.04. The maximum atomic E-state index is 13.5. The fourth-order valence-corrected chi connectivity index (χ4v) is 3.01. The van der Waals surface area contributed by atoms with Crippen LogP contribution >= 0.6 is 34.8 Å². The number of hydrogen-bond acceptors (Lipinski definition) is 1. The van der Waals surface area contributed by atoms with Crippen LogP contribution < -0.4 is 0 Å². The topological polar surface area (TPSA) is 17.1 Å². The highest BCUT2D eigenvalue weighted by atomic mass is 35.5. The minimum atomic E-state index is -4.83. The molecule has 1 atom stereocenters. The van der Waals surface area contributed by atoms with Crippen molar-refractivity contribution in [1.29, 1.82) is 0 Å². The summed E-state index contributed by atoms with van der Waals surface area (Å²) in [5.74, 6) is -2.19. The number of carbonyl (C=O) groups excluding carboxylic acids is 1. The van der Waals surface area contributed by atoms with E-state index in [2.05, 4.69) is 0 Å². The molecule has 2 rings (SSSR count). The van der Waals surface area contributed by atoms with Crippen LogP contribution in [0.2, 0.25) is 15.1 Å². The molecule has 0 saturated heterocycles. The molecule has 1 unspecified atom stereocenters. The van der Waals surface area contributed by atoms with Gasteiger partial charge in [0.15, 0.2) is 6.29 Å². The Bertz CT molecular complexity index is 896. The second-order valence-electron chi connectivity index (χ2n) is 5.64. The lowest BCUT2D eigenvalue weighted by molar-refractivity contribution is -0.139. The second-order valence-corrected chi connectivity index (χ2v) is 6.83. The molecule has 0 saturated carbocycles. The van der Waals surface area contributed by atoms with Gasteiger partial charge in [-0.3, -0.25) is 4.79 Å². The number of halogens is 9. The van der Waals surface area contributed by atoms with Crippen LogP contribution in [0.4, 0.5) is 26.3 Å². The van der Waals surface area contributed by atoms with Crippen molar-refractivity contribution in [3.05, 3.63) is 73.7 Å². The van der Waals surface area contributed by atoms with E-state index in [9.17, 15) is 31.1 Å². The van der Waals surface area contributed by atoms with Crippen LogP contribution in [0, 0.1) is 0 Å². The standard InChI is InChI=1S/C18H9Cl3F6O/c19-14-6-11(7-15(20)16(14)21)12(17(22,23)24)4-2-9-1-3-10(8-28)13(5-9)18(25,26)27/h1-8,12H/b4-2+. The van der Waals surface area contributed by atoms with Gasteiger partial charge in [-0.25, -0.2) is 0 Å². The first-order valence-corrected chi connectivity index (χ1v) is 8.53. The van der Waals surface area contributed by atoms with Gasteiger partial charge in [-0.2, -0.15) is 26.3 Å². The molecule has 150 valence electrons. The number of benzene rings is 2. The first-order valence-electron chi connectivity index (χ1n) is 7.40. The van der Waals surface area contributed by atoms with Crippen molar-refractivity contribution >= 4 is 47.2 Å². The molecule has 0 aliphatic carbocycles. The molecular formula is C18H9Cl3F6O. The third-order valence-corrected chi connectivity index (χ3v) is 4.91. The molecule has 0 aliphatic rings. The molecule has 0 aromatic heterocycles. The summed E-state index contributed by atoms with van der Waals surface area (Å²) >= 11 is 17.3. The van der Waals surface area contributed by atoms with E-state index in [1.165, 1.54) is 0 Å². The summed E-state index contributed by atoms with van der Waals surface area (Å²) in [6, 6.07) is 4.54. The Morgan fingerprint density at radius 2 is 1.46 bits per heavy atom. The van der Waals surface area contributed by atoms with Gasteiger partial charge in [-0.05, 0) is 29.3 Å². The molecule has 0 fully saturated rings. The summed E-state index contributed by atoms with van der Waals surface area (Å²) in [4.78, 5) is 10.8. The van der Waals surface area contributed by atoms with Gasteiger partial charge >= 0.3 is 12.4 Å². The summed E-state index contributed by atoms with van der Waals surface area (Å²) < 4.78 is 79.4. The lowest BCUT2D eigenvalue weighted by Crippen LogP contribution is -2.19. The zero-order valence-electron chi connectivity index (χ0n) is 13.5. The van der Waals surface area contributed by atoms with Crippen molar-refractivity contribution in [2.24, 2.45) is 0 Å². The minimum absolute atomic E-state index is 0.0204. The molecule has 0 aliphatic heterocycles. The molecule has 2 aromatic rings. The number of allylic oxidation sites excluding steroid dienone is 1. The molecule has 10 heteroatoms. The largest absolute Gasteiger partial charge is 0.417 e. The zero-order chi connectivity index (χ0) is 21.3. The van der Waals surface area contributed by atoms with Crippen LogP contribution in [0.3, 0.4) is 0 Å². The monoisotopic (exact) mass is 460 g/mol. The SMILES string of the molecule is O=Cc1ccc(/C=C/C(c2cc(Cl)c(Cl)c(Cl)c2)C(F)(F)F)cc1C(F)(F)F. The van der Waals surface area contributed by atoms with Crippen LogP contribution in [0.15, 0.2) is 36.4 Å². The average Bonchev–Trinajstić information content (AvgIpc) is 2.57. The van der Waals surface area contributed by atoms with Crippen molar-refractivity contribution < 1.29 is 31.1 Å². The molecular weight excluding hydrogens is 453 g/mol. The van der Waals surface area contributed by atoms with E-state index in [1.54, 1.807) is 0 Å². The zero-order valence-corrected chi connectivity index (χ0v) is 15.8. The normalized spacial score (nSPS) is 13.8. The summed E-state index contributed by atoms with van der Waals surface area (Å²) in [5.41, 5.74) is -2.36. The van der Waals surface area contributed by atoms with E-state index < -0.39 is 29.4 Å². The van der Waals surface area contributed by atoms with Crippen molar-refractivity contribution in [2.75, 3.05) is 0 Å². The van der Waals surface area contributed by atoms with E-state index in [1.807, 2.05) is 0 Å². The van der Waals surface area contributed by atoms with Crippen molar-refractivity contribution in [1.82, 2.24) is 0 Å². The molecule has 0 amide bonds. The first-order chi connectivity index (χ1) is 12.8. The van der Waals surface area contributed by atoms with Gasteiger partial charge in [0.05, 0.1) is 26.5 Å². The smallest absolute Gasteiger partial charge is 0.298 e. The third-order valence-electron chi connectivity index (χ3n) is 3.71. The Morgan fingerprint density at radius 3 is 1.93 bits per heavy atom. The molecule has 0 spiro atoms. The predicted octanol–water partition coefficient (Wildman–Crippen LogP) is 7.84. The minimum Gasteiger partial charge on any atom is -0.298 e. The molecule has 2 aromatic carbocycles. The summed E-state index contributed by atoms with van der Waals surface area (Å²) in [7, 11) is 0. The van der Waals surface area contributed by atoms with E-state index in [4.69, 9.17) is 34.8 Å². The highest BCUT2D eigenvalue weighted by Crippen LogP contribution is 2.41. The van der Waals surface area contributed by atoms with Crippen molar-refractivity contribution in [3.8, 4) is 0 Å². The Balaban J connectivity index is 2.49. The molecule has 1 nitrogen and oxygen atoms in total. The van der Waals surface area contributed by atoms with Crippen molar-refractivity contribution in [2.45, 2.75) is 18.3 Å². The van der Waals surface area contributed by atoms with Gasteiger partial charge < -0.3 is 0 Å². The predicted molar refractivity (Wildman–Crippen MR) is 96.1 cm³/mol. The molecule has 28 heavy (non-hydrogen) atoms. The first kappa shape index (κ1) is 22.6. The van der Waals surface area contributed by atoms with Crippen LogP contribution in [0.1, 0.15) is 33.0 Å². The molecule has 0 bridgehead atoms. The van der Waals surface area contributed by atoms with Gasteiger partial charge in [0, 0.05) is 5.56 Å². The van der Waals surface area contributed by atoms with E-state index in [-0.39, 0.29) is 32.5 Å². The average molecular weight is 462 g/mol. The van der Waals surface area contributed by atoms with Crippen molar-refractivity contribution in [3.63, 3.8) is 0 Å². The Kier molecular flexibility index (Phi) is 6.74. The third kappa shape index (κ3) is 5.21. The highest BCUT2D eigenvalue weighted by Gasteiger charge is 2.39. The second kappa shape index (κ2) is 8.35. The number of alkyl halides is 6. The van der Waals surface area contributed by atoms with Crippen LogP contribution in [0.5, 0.6) is 0 Å². The van der Waals surface area contributed by atoms with E-state index >= 15 is 0 Å².